The summed E-state index contributed by atoms with van der Waals surface area (Å²) in [6.45, 7) is 9.51. The van der Waals surface area contributed by atoms with Crippen molar-refractivity contribution in [3.05, 3.63) is 34.9 Å². The molecule has 0 aromatic heterocycles. The zero-order valence-electron chi connectivity index (χ0n) is 12.5. The van der Waals surface area contributed by atoms with Crippen molar-refractivity contribution in [1.82, 2.24) is 5.32 Å². The highest BCUT2D eigenvalue weighted by molar-refractivity contribution is 5.29. The molecule has 0 bridgehead atoms. The first kappa shape index (κ1) is 14.5. The Balaban J connectivity index is 2.01. The summed E-state index contributed by atoms with van der Waals surface area (Å²) in [5, 5.41) is 3.69. The number of ether oxygens (including phenoxy) is 1. The van der Waals surface area contributed by atoms with Gasteiger partial charge in [0.05, 0.1) is 6.61 Å². The highest BCUT2D eigenvalue weighted by Gasteiger charge is 2.25. The van der Waals surface area contributed by atoms with E-state index in [2.05, 4.69) is 44.3 Å². The summed E-state index contributed by atoms with van der Waals surface area (Å²) in [6.07, 6.45) is 3.48. The maximum absolute atomic E-state index is 5.68. The summed E-state index contributed by atoms with van der Waals surface area (Å²) in [5.41, 5.74) is 4.19. The van der Waals surface area contributed by atoms with Gasteiger partial charge < -0.3 is 10.1 Å². The van der Waals surface area contributed by atoms with Gasteiger partial charge in [0.2, 0.25) is 0 Å². The van der Waals surface area contributed by atoms with Gasteiger partial charge in [-0.1, -0.05) is 36.2 Å². The van der Waals surface area contributed by atoms with E-state index < -0.39 is 0 Å². The van der Waals surface area contributed by atoms with Gasteiger partial charge in [-0.25, -0.2) is 0 Å². The van der Waals surface area contributed by atoms with Gasteiger partial charge in [-0.15, -0.1) is 0 Å². The molecule has 106 valence electrons. The van der Waals surface area contributed by atoms with Gasteiger partial charge in [-0.3, -0.25) is 0 Å². The van der Waals surface area contributed by atoms with Crippen LogP contribution in [0.5, 0.6) is 0 Å². The van der Waals surface area contributed by atoms with Crippen molar-refractivity contribution in [1.29, 1.82) is 0 Å². The van der Waals surface area contributed by atoms with Crippen molar-refractivity contribution < 1.29 is 4.74 Å². The molecule has 2 heteroatoms. The molecule has 2 nitrogen and oxygen atoms in total. The van der Waals surface area contributed by atoms with E-state index in [1.165, 1.54) is 23.1 Å². The smallest absolute Gasteiger partial charge is 0.0512 e. The van der Waals surface area contributed by atoms with E-state index in [4.69, 9.17) is 4.74 Å². The number of rotatable bonds is 5. The van der Waals surface area contributed by atoms with Crippen molar-refractivity contribution >= 4 is 0 Å². The lowest BCUT2D eigenvalue weighted by atomic mass is 9.88. The Bertz CT molecular complexity index is 382. The van der Waals surface area contributed by atoms with E-state index in [1.807, 2.05) is 0 Å². The highest BCUT2D eigenvalue weighted by atomic mass is 16.5. The fourth-order valence-corrected chi connectivity index (χ4v) is 3.09. The van der Waals surface area contributed by atoms with Crippen LogP contribution in [0.3, 0.4) is 0 Å². The summed E-state index contributed by atoms with van der Waals surface area (Å²) >= 11 is 0. The SMILES string of the molecule is CCCNC1CCOCC1Cc1cc(C)cc(C)c1. The van der Waals surface area contributed by atoms with Crippen molar-refractivity contribution in [2.45, 2.75) is 46.1 Å². The highest BCUT2D eigenvalue weighted by Crippen LogP contribution is 2.21. The summed E-state index contributed by atoms with van der Waals surface area (Å²) < 4.78 is 5.68. The van der Waals surface area contributed by atoms with E-state index in [1.54, 1.807) is 0 Å². The van der Waals surface area contributed by atoms with E-state index in [9.17, 15) is 0 Å². The van der Waals surface area contributed by atoms with Crippen LogP contribution in [0.25, 0.3) is 0 Å². The second-order valence-electron chi connectivity index (χ2n) is 5.88. The van der Waals surface area contributed by atoms with Crippen molar-refractivity contribution in [3.8, 4) is 0 Å². The van der Waals surface area contributed by atoms with Crippen LogP contribution in [-0.2, 0) is 11.2 Å². The Labute approximate surface area is 117 Å². The summed E-state index contributed by atoms with van der Waals surface area (Å²) in [7, 11) is 0. The molecule has 0 aliphatic carbocycles. The summed E-state index contributed by atoms with van der Waals surface area (Å²) in [5.74, 6) is 0.612. The fraction of sp³-hybridized carbons (Fsp3) is 0.647. The topological polar surface area (TPSA) is 21.3 Å². The number of hydrogen-bond acceptors (Lipinski definition) is 2. The quantitative estimate of drug-likeness (QED) is 0.878. The van der Waals surface area contributed by atoms with Crippen molar-refractivity contribution in [2.75, 3.05) is 19.8 Å². The van der Waals surface area contributed by atoms with Crippen LogP contribution in [0.4, 0.5) is 0 Å². The Morgan fingerprint density at radius 1 is 1.21 bits per heavy atom. The van der Waals surface area contributed by atoms with E-state index >= 15 is 0 Å². The number of benzene rings is 1. The molecule has 0 spiro atoms. The third kappa shape index (κ3) is 4.32. The predicted octanol–water partition coefficient (Wildman–Crippen LogP) is 3.25. The van der Waals surface area contributed by atoms with Crippen LogP contribution in [0.2, 0.25) is 0 Å². The Morgan fingerprint density at radius 3 is 2.63 bits per heavy atom. The number of nitrogens with one attached hydrogen (secondary N) is 1. The van der Waals surface area contributed by atoms with Gasteiger partial charge in [0.15, 0.2) is 0 Å². The molecular weight excluding hydrogens is 234 g/mol. The molecule has 1 aromatic carbocycles. The van der Waals surface area contributed by atoms with Crippen LogP contribution in [0.1, 0.15) is 36.5 Å². The summed E-state index contributed by atoms with van der Waals surface area (Å²) in [6, 6.07) is 7.50. The molecule has 1 aliphatic rings. The minimum atomic E-state index is 0.612. The molecule has 2 unspecified atom stereocenters. The molecule has 0 amide bonds. The molecule has 1 N–H and O–H groups in total. The largest absolute Gasteiger partial charge is 0.381 e. The van der Waals surface area contributed by atoms with Gasteiger partial charge in [-0.2, -0.15) is 0 Å². The molecule has 0 saturated carbocycles. The van der Waals surface area contributed by atoms with Crippen molar-refractivity contribution in [3.63, 3.8) is 0 Å². The van der Waals surface area contributed by atoms with Gasteiger partial charge in [-0.05, 0) is 45.2 Å². The maximum Gasteiger partial charge on any atom is 0.0512 e. The summed E-state index contributed by atoms with van der Waals surface area (Å²) in [4.78, 5) is 0. The van der Waals surface area contributed by atoms with E-state index in [-0.39, 0.29) is 0 Å². The molecule has 1 saturated heterocycles. The number of aryl methyl sites for hydroxylation is 2. The average Bonchev–Trinajstić information content (AvgIpc) is 2.36. The zero-order chi connectivity index (χ0) is 13.7. The molecule has 1 aliphatic heterocycles. The lowest BCUT2D eigenvalue weighted by Gasteiger charge is -2.32. The molecule has 1 heterocycles. The zero-order valence-corrected chi connectivity index (χ0v) is 12.5. The normalized spacial score (nSPS) is 23.5. The van der Waals surface area contributed by atoms with Crippen LogP contribution in [0.15, 0.2) is 18.2 Å². The van der Waals surface area contributed by atoms with Crippen LogP contribution < -0.4 is 5.32 Å². The number of hydrogen-bond donors (Lipinski definition) is 1. The van der Waals surface area contributed by atoms with E-state index in [0.29, 0.717) is 12.0 Å². The Hall–Kier alpha value is -0.860. The molecule has 1 aromatic rings. The van der Waals surface area contributed by atoms with E-state index in [0.717, 1.165) is 32.6 Å². The fourth-order valence-electron chi connectivity index (χ4n) is 3.09. The first-order chi connectivity index (χ1) is 9.19. The van der Waals surface area contributed by atoms with Crippen molar-refractivity contribution in [2.24, 2.45) is 5.92 Å². The second-order valence-corrected chi connectivity index (χ2v) is 5.88. The van der Waals surface area contributed by atoms with Gasteiger partial charge in [0.25, 0.3) is 0 Å². The molecule has 2 atom stereocenters. The van der Waals surface area contributed by atoms with Gasteiger partial charge in [0, 0.05) is 18.6 Å². The predicted molar refractivity (Wildman–Crippen MR) is 80.6 cm³/mol. The maximum atomic E-state index is 5.68. The Morgan fingerprint density at radius 2 is 1.95 bits per heavy atom. The molecular formula is C17H27NO. The Kier molecular flexibility index (Phi) is 5.41. The standard InChI is InChI=1S/C17H27NO/c1-4-6-18-17-5-7-19-12-16(17)11-15-9-13(2)8-14(3)10-15/h8-10,16-18H,4-7,11-12H2,1-3H3. The first-order valence-corrected chi connectivity index (χ1v) is 7.57. The van der Waals surface area contributed by atoms with Crippen LogP contribution >= 0.6 is 0 Å². The lowest BCUT2D eigenvalue weighted by molar-refractivity contribution is 0.0322. The van der Waals surface area contributed by atoms with Crippen LogP contribution in [-0.4, -0.2) is 25.8 Å². The van der Waals surface area contributed by atoms with Gasteiger partial charge >= 0.3 is 0 Å². The molecule has 2 rings (SSSR count). The van der Waals surface area contributed by atoms with Crippen LogP contribution in [0, 0.1) is 19.8 Å². The third-order valence-corrected chi connectivity index (χ3v) is 3.91. The first-order valence-electron chi connectivity index (χ1n) is 7.57. The molecule has 19 heavy (non-hydrogen) atoms. The van der Waals surface area contributed by atoms with Gasteiger partial charge in [0.1, 0.15) is 0 Å². The minimum Gasteiger partial charge on any atom is -0.381 e. The molecule has 1 fully saturated rings. The lowest BCUT2D eigenvalue weighted by Crippen LogP contribution is -2.44. The second kappa shape index (κ2) is 7.06. The molecule has 0 radical (unpaired) electrons. The average molecular weight is 261 g/mol. The minimum absolute atomic E-state index is 0.612. The third-order valence-electron chi connectivity index (χ3n) is 3.91. The monoisotopic (exact) mass is 261 g/mol.